The minimum absolute atomic E-state index is 0.0680. The molecule has 5 aromatic rings. The van der Waals surface area contributed by atoms with E-state index in [4.69, 9.17) is 11.5 Å². The van der Waals surface area contributed by atoms with Gasteiger partial charge in [0.1, 0.15) is 10.7 Å². The van der Waals surface area contributed by atoms with Crippen molar-refractivity contribution in [2.45, 2.75) is 11.4 Å². The maximum Gasteiger partial charge on any atom is 0.267 e. The van der Waals surface area contributed by atoms with E-state index in [1.54, 1.807) is 42.5 Å². The molecule has 5 rings (SSSR count). The van der Waals surface area contributed by atoms with Crippen molar-refractivity contribution >= 4 is 32.7 Å². The number of benzene rings is 3. The van der Waals surface area contributed by atoms with Gasteiger partial charge in [0, 0.05) is 18.3 Å². The summed E-state index contributed by atoms with van der Waals surface area (Å²) < 4.78 is 29.9. The van der Waals surface area contributed by atoms with E-state index in [0.717, 1.165) is 5.56 Å². The monoisotopic (exact) mass is 498 g/mol. The van der Waals surface area contributed by atoms with Crippen LogP contribution in [0, 0.1) is 0 Å². The molecular formula is C26H22N6O3S. The molecule has 0 fully saturated rings. The van der Waals surface area contributed by atoms with Gasteiger partial charge in [-0.15, -0.1) is 0 Å². The van der Waals surface area contributed by atoms with Gasteiger partial charge in [0.2, 0.25) is 16.0 Å². The molecule has 0 radical (unpaired) electrons. The number of pyridine rings is 1. The van der Waals surface area contributed by atoms with Crippen LogP contribution in [0.1, 0.15) is 5.56 Å². The summed E-state index contributed by atoms with van der Waals surface area (Å²) in [6, 6.07) is 24.6. The second kappa shape index (κ2) is 9.25. The van der Waals surface area contributed by atoms with Gasteiger partial charge in [-0.1, -0.05) is 54.6 Å². The molecule has 9 nitrogen and oxygen atoms in total. The maximum absolute atomic E-state index is 13.3. The van der Waals surface area contributed by atoms with Crippen LogP contribution >= 0.6 is 0 Å². The maximum atomic E-state index is 13.3. The van der Waals surface area contributed by atoms with Crippen molar-refractivity contribution in [3.05, 3.63) is 107 Å². The zero-order chi connectivity index (χ0) is 25.3. The van der Waals surface area contributed by atoms with Crippen LogP contribution in [-0.4, -0.2) is 23.0 Å². The largest absolute Gasteiger partial charge is 0.383 e. The molecule has 0 saturated heterocycles. The Morgan fingerprint density at radius 3 is 2.28 bits per heavy atom. The van der Waals surface area contributed by atoms with E-state index in [9.17, 15) is 13.2 Å². The summed E-state index contributed by atoms with van der Waals surface area (Å²) in [5.41, 5.74) is 14.5. The fourth-order valence-corrected chi connectivity index (χ4v) is 5.01. The van der Waals surface area contributed by atoms with Crippen LogP contribution in [0.3, 0.4) is 0 Å². The van der Waals surface area contributed by atoms with E-state index in [1.807, 2.05) is 36.4 Å². The van der Waals surface area contributed by atoms with Crippen molar-refractivity contribution < 1.29 is 8.42 Å². The smallest absolute Gasteiger partial charge is 0.267 e. The number of aromatic nitrogens is 3. The molecule has 3 aromatic carbocycles. The minimum atomic E-state index is -3.95. The van der Waals surface area contributed by atoms with Gasteiger partial charge < -0.3 is 11.5 Å². The Hall–Kier alpha value is -4.54. The molecule has 36 heavy (non-hydrogen) atoms. The molecule has 0 aliphatic rings. The molecule has 0 atom stereocenters. The quantitative estimate of drug-likeness (QED) is 0.326. The van der Waals surface area contributed by atoms with Gasteiger partial charge >= 0.3 is 0 Å². The highest BCUT2D eigenvalue weighted by Crippen LogP contribution is 2.27. The van der Waals surface area contributed by atoms with Crippen molar-refractivity contribution in [3.8, 4) is 16.8 Å². The number of rotatable bonds is 6. The Bertz CT molecular complexity index is 1740. The number of para-hydroxylation sites is 1. The van der Waals surface area contributed by atoms with Crippen molar-refractivity contribution in [2.24, 2.45) is 0 Å². The number of nitrogens with one attached hydrogen (secondary N) is 1. The average Bonchev–Trinajstić information content (AvgIpc) is 2.89. The van der Waals surface area contributed by atoms with Crippen LogP contribution in [0.25, 0.3) is 27.7 Å². The number of nitrogens with two attached hydrogens (primary N) is 2. The first-order valence-electron chi connectivity index (χ1n) is 11.0. The van der Waals surface area contributed by atoms with Crippen LogP contribution in [0.15, 0.2) is 101 Å². The summed E-state index contributed by atoms with van der Waals surface area (Å²) >= 11 is 0. The Labute approximate surface area is 207 Å². The Morgan fingerprint density at radius 1 is 0.861 bits per heavy atom. The number of sulfonamides is 1. The molecular weight excluding hydrogens is 476 g/mol. The van der Waals surface area contributed by atoms with Gasteiger partial charge in [-0.3, -0.25) is 4.79 Å². The highest BCUT2D eigenvalue weighted by molar-refractivity contribution is 7.89. The molecule has 10 heteroatoms. The SMILES string of the molecule is Nc1ncc(-c2ccc3nc(N)n(-c4ccccc4)c(=O)c3c2)cc1S(=O)(=O)NCc1ccccc1. The van der Waals surface area contributed by atoms with Crippen molar-refractivity contribution in [1.29, 1.82) is 0 Å². The second-order valence-electron chi connectivity index (χ2n) is 8.10. The lowest BCUT2D eigenvalue weighted by atomic mass is 10.1. The predicted octanol–water partition coefficient (Wildman–Crippen LogP) is 3.09. The first-order chi connectivity index (χ1) is 17.3. The standard InChI is InChI=1S/C26H22N6O3S/c27-24-23(36(34,35)30-15-17-7-3-1-4-8-17)14-19(16-29-24)18-11-12-22-21(13-18)25(33)32(26(28)31-22)20-9-5-2-6-10-20/h1-14,16,30H,15H2,(H2,27,29)(H2,28,31). The summed E-state index contributed by atoms with van der Waals surface area (Å²) in [6.07, 6.45) is 1.47. The van der Waals surface area contributed by atoms with Crippen LogP contribution in [0.2, 0.25) is 0 Å². The van der Waals surface area contributed by atoms with Gasteiger partial charge in [0.15, 0.2) is 0 Å². The molecule has 2 heterocycles. The lowest BCUT2D eigenvalue weighted by Crippen LogP contribution is -2.24. The van der Waals surface area contributed by atoms with E-state index in [2.05, 4.69) is 14.7 Å². The third kappa shape index (κ3) is 4.42. The molecule has 0 aliphatic carbocycles. The second-order valence-corrected chi connectivity index (χ2v) is 9.83. The molecule has 0 amide bonds. The Morgan fingerprint density at radius 2 is 1.56 bits per heavy atom. The molecule has 0 saturated carbocycles. The number of hydrogen-bond acceptors (Lipinski definition) is 7. The van der Waals surface area contributed by atoms with E-state index >= 15 is 0 Å². The van der Waals surface area contributed by atoms with E-state index in [1.165, 1.54) is 16.8 Å². The zero-order valence-corrected chi connectivity index (χ0v) is 19.8. The molecule has 0 spiro atoms. The first kappa shape index (κ1) is 23.2. The number of nitrogens with zero attached hydrogens (tertiary/aromatic N) is 3. The van der Waals surface area contributed by atoms with E-state index < -0.39 is 10.0 Å². The number of fused-ring (bicyclic) bond motifs is 1. The summed E-state index contributed by atoms with van der Waals surface area (Å²) in [4.78, 5) is 21.7. The molecule has 5 N–H and O–H groups in total. The fraction of sp³-hybridized carbons (Fsp3) is 0.0385. The van der Waals surface area contributed by atoms with Crippen molar-refractivity contribution in [2.75, 3.05) is 11.5 Å². The first-order valence-corrected chi connectivity index (χ1v) is 12.5. The van der Waals surface area contributed by atoms with Crippen LogP contribution in [0.4, 0.5) is 11.8 Å². The van der Waals surface area contributed by atoms with Gasteiger partial charge in [-0.05, 0) is 41.5 Å². The van der Waals surface area contributed by atoms with Crippen LogP contribution in [0.5, 0.6) is 0 Å². The molecule has 0 unspecified atom stereocenters. The van der Waals surface area contributed by atoms with E-state index in [-0.39, 0.29) is 28.8 Å². The zero-order valence-electron chi connectivity index (χ0n) is 19.0. The van der Waals surface area contributed by atoms with Crippen LogP contribution in [-0.2, 0) is 16.6 Å². The van der Waals surface area contributed by atoms with Gasteiger partial charge in [-0.25, -0.2) is 27.7 Å². The highest BCUT2D eigenvalue weighted by Gasteiger charge is 2.20. The van der Waals surface area contributed by atoms with Gasteiger partial charge in [-0.2, -0.15) is 0 Å². The lowest BCUT2D eigenvalue weighted by molar-refractivity contribution is 0.581. The molecule has 180 valence electrons. The lowest BCUT2D eigenvalue weighted by Gasteiger charge is -2.12. The topological polar surface area (TPSA) is 146 Å². The van der Waals surface area contributed by atoms with Crippen LogP contribution < -0.4 is 21.7 Å². The highest BCUT2D eigenvalue weighted by atomic mass is 32.2. The average molecular weight is 499 g/mol. The number of nitrogen functional groups attached to an aromatic ring is 2. The summed E-state index contributed by atoms with van der Waals surface area (Å²) in [5.74, 6) is -0.0561. The van der Waals surface area contributed by atoms with Crippen molar-refractivity contribution in [1.82, 2.24) is 19.3 Å². The normalized spacial score (nSPS) is 11.6. The molecule has 0 aliphatic heterocycles. The van der Waals surface area contributed by atoms with Crippen molar-refractivity contribution in [3.63, 3.8) is 0 Å². The minimum Gasteiger partial charge on any atom is -0.383 e. The summed E-state index contributed by atoms with van der Waals surface area (Å²) in [5, 5.41) is 0.328. The summed E-state index contributed by atoms with van der Waals surface area (Å²) in [7, 11) is -3.95. The Kier molecular flexibility index (Phi) is 5.96. The van der Waals surface area contributed by atoms with Gasteiger partial charge in [0.05, 0.1) is 16.6 Å². The van der Waals surface area contributed by atoms with E-state index in [0.29, 0.717) is 27.7 Å². The summed E-state index contributed by atoms with van der Waals surface area (Å²) in [6.45, 7) is 0.106. The third-order valence-electron chi connectivity index (χ3n) is 5.72. The fourth-order valence-electron chi connectivity index (χ4n) is 3.89. The van der Waals surface area contributed by atoms with Gasteiger partial charge in [0.25, 0.3) is 5.56 Å². The third-order valence-corrected chi connectivity index (χ3v) is 7.15. The molecule has 2 aromatic heterocycles. The Balaban J connectivity index is 1.55. The number of hydrogen-bond donors (Lipinski definition) is 3. The number of anilines is 2. The predicted molar refractivity (Wildman–Crippen MR) is 140 cm³/mol. The molecule has 0 bridgehead atoms.